The van der Waals surface area contributed by atoms with Crippen molar-refractivity contribution in [3.8, 4) is 0 Å². The van der Waals surface area contributed by atoms with Crippen molar-refractivity contribution in [1.29, 1.82) is 0 Å². The highest BCUT2D eigenvalue weighted by Gasteiger charge is 1.97. The molecule has 0 spiro atoms. The van der Waals surface area contributed by atoms with E-state index in [2.05, 4.69) is 15.6 Å². The smallest absolute Gasteiger partial charge is 0.219 e. The van der Waals surface area contributed by atoms with Crippen molar-refractivity contribution in [1.82, 2.24) is 15.6 Å². The maximum Gasteiger partial charge on any atom is 0.219 e. The number of carbonyl (C=O) groups excluding carboxylic acids is 1. The molecule has 4 nitrogen and oxygen atoms in total. The van der Waals surface area contributed by atoms with Gasteiger partial charge in [0.1, 0.15) is 0 Å². The van der Waals surface area contributed by atoms with Crippen LogP contribution in [0.2, 0.25) is 0 Å². The highest BCUT2D eigenvalue weighted by Crippen LogP contribution is 1.93. The van der Waals surface area contributed by atoms with Crippen molar-refractivity contribution in [3.63, 3.8) is 0 Å². The number of hydrogen-bond donors (Lipinski definition) is 2. The molecule has 88 valence electrons. The predicted molar refractivity (Wildman–Crippen MR) is 64.1 cm³/mol. The zero-order chi connectivity index (χ0) is 11.6. The van der Waals surface area contributed by atoms with Gasteiger partial charge in [-0.15, -0.1) is 0 Å². The van der Waals surface area contributed by atoms with Crippen LogP contribution in [0.5, 0.6) is 0 Å². The summed E-state index contributed by atoms with van der Waals surface area (Å²) in [5.41, 5.74) is 1.10. The highest BCUT2D eigenvalue weighted by molar-refractivity contribution is 5.75. The maximum atomic E-state index is 10.9. The van der Waals surface area contributed by atoms with Crippen molar-refractivity contribution in [3.05, 3.63) is 30.1 Å². The second-order valence-electron chi connectivity index (χ2n) is 3.60. The van der Waals surface area contributed by atoms with Crippen LogP contribution >= 0.6 is 0 Å². The lowest BCUT2D eigenvalue weighted by Crippen LogP contribution is -2.22. The summed E-state index contributed by atoms with van der Waals surface area (Å²) in [7, 11) is 1.66. The topological polar surface area (TPSA) is 54.0 Å². The molecule has 1 amide bonds. The van der Waals surface area contributed by atoms with E-state index in [0.29, 0.717) is 6.42 Å². The van der Waals surface area contributed by atoms with Gasteiger partial charge >= 0.3 is 0 Å². The van der Waals surface area contributed by atoms with Crippen molar-refractivity contribution in [2.75, 3.05) is 20.1 Å². The molecule has 4 heteroatoms. The van der Waals surface area contributed by atoms with E-state index in [1.165, 1.54) is 0 Å². The zero-order valence-corrected chi connectivity index (χ0v) is 9.70. The van der Waals surface area contributed by atoms with Crippen molar-refractivity contribution in [2.45, 2.75) is 19.3 Å². The summed E-state index contributed by atoms with van der Waals surface area (Å²) in [6.45, 7) is 1.78. The van der Waals surface area contributed by atoms with Gasteiger partial charge in [-0.25, -0.2) is 0 Å². The lowest BCUT2D eigenvalue weighted by Gasteiger charge is -2.03. The van der Waals surface area contributed by atoms with Crippen LogP contribution in [0.15, 0.2) is 24.4 Å². The Balaban J connectivity index is 1.98. The van der Waals surface area contributed by atoms with E-state index >= 15 is 0 Å². The summed E-state index contributed by atoms with van der Waals surface area (Å²) in [4.78, 5) is 15.2. The van der Waals surface area contributed by atoms with E-state index < -0.39 is 0 Å². The van der Waals surface area contributed by atoms with Gasteiger partial charge in [0, 0.05) is 38.3 Å². The molecule has 0 unspecified atom stereocenters. The number of pyridine rings is 1. The Morgan fingerprint density at radius 3 is 2.94 bits per heavy atom. The van der Waals surface area contributed by atoms with E-state index in [-0.39, 0.29) is 5.91 Å². The van der Waals surface area contributed by atoms with Crippen LogP contribution in [-0.4, -0.2) is 31.0 Å². The molecular weight excluding hydrogens is 202 g/mol. The Bertz CT molecular complexity index is 300. The number of nitrogens with zero attached hydrogens (tertiary/aromatic N) is 1. The molecule has 0 aliphatic carbocycles. The van der Waals surface area contributed by atoms with E-state index in [1.54, 1.807) is 13.2 Å². The van der Waals surface area contributed by atoms with Gasteiger partial charge in [0.15, 0.2) is 0 Å². The minimum atomic E-state index is 0.103. The molecule has 1 rings (SSSR count). The van der Waals surface area contributed by atoms with Gasteiger partial charge in [-0.3, -0.25) is 9.78 Å². The molecule has 16 heavy (non-hydrogen) atoms. The molecular formula is C12H19N3O. The van der Waals surface area contributed by atoms with Crippen LogP contribution in [-0.2, 0) is 11.2 Å². The number of hydrogen-bond acceptors (Lipinski definition) is 3. The summed E-state index contributed by atoms with van der Waals surface area (Å²) in [5, 5.41) is 5.90. The molecule has 0 saturated carbocycles. The lowest BCUT2D eigenvalue weighted by molar-refractivity contribution is -0.120. The largest absolute Gasteiger partial charge is 0.359 e. The Hall–Kier alpha value is -1.42. The molecule has 0 aliphatic rings. The molecule has 0 fully saturated rings. The van der Waals surface area contributed by atoms with Crippen molar-refractivity contribution < 1.29 is 4.79 Å². The first-order valence-corrected chi connectivity index (χ1v) is 5.64. The summed E-state index contributed by atoms with van der Waals surface area (Å²) >= 11 is 0. The Labute approximate surface area is 96.5 Å². The van der Waals surface area contributed by atoms with Gasteiger partial charge in [-0.2, -0.15) is 0 Å². The molecule has 0 bridgehead atoms. The van der Waals surface area contributed by atoms with Gasteiger partial charge in [0.2, 0.25) is 5.91 Å². The molecule has 1 aromatic rings. The van der Waals surface area contributed by atoms with Crippen LogP contribution in [0, 0.1) is 0 Å². The van der Waals surface area contributed by atoms with Gasteiger partial charge < -0.3 is 10.6 Å². The van der Waals surface area contributed by atoms with Crippen LogP contribution in [0.1, 0.15) is 18.5 Å². The average molecular weight is 221 g/mol. The number of rotatable bonds is 7. The fourth-order valence-corrected chi connectivity index (χ4v) is 1.39. The van der Waals surface area contributed by atoms with E-state index in [0.717, 1.165) is 31.6 Å². The van der Waals surface area contributed by atoms with Crippen molar-refractivity contribution >= 4 is 5.91 Å². The van der Waals surface area contributed by atoms with E-state index in [1.807, 2.05) is 18.2 Å². The SMILES string of the molecule is CNC(=O)CCCNCCc1ccccn1. The highest BCUT2D eigenvalue weighted by atomic mass is 16.1. The Morgan fingerprint density at radius 2 is 2.25 bits per heavy atom. The third kappa shape index (κ3) is 5.46. The minimum Gasteiger partial charge on any atom is -0.359 e. The molecule has 1 aromatic heterocycles. The molecule has 2 N–H and O–H groups in total. The lowest BCUT2D eigenvalue weighted by atomic mass is 10.2. The fourth-order valence-electron chi connectivity index (χ4n) is 1.39. The second-order valence-corrected chi connectivity index (χ2v) is 3.60. The first kappa shape index (κ1) is 12.6. The van der Waals surface area contributed by atoms with Crippen LogP contribution in [0.25, 0.3) is 0 Å². The molecule has 0 radical (unpaired) electrons. The minimum absolute atomic E-state index is 0.103. The van der Waals surface area contributed by atoms with Gasteiger partial charge in [0.05, 0.1) is 0 Å². The number of aromatic nitrogens is 1. The average Bonchev–Trinajstić information content (AvgIpc) is 2.34. The summed E-state index contributed by atoms with van der Waals surface area (Å²) in [6, 6.07) is 5.93. The Morgan fingerprint density at radius 1 is 1.38 bits per heavy atom. The standard InChI is InChI=1S/C12H19N3O/c1-13-12(16)6-4-8-14-10-7-11-5-2-3-9-15-11/h2-3,5,9,14H,4,6-8,10H2,1H3,(H,13,16). The third-order valence-electron chi connectivity index (χ3n) is 2.32. The second kappa shape index (κ2) is 7.82. The van der Waals surface area contributed by atoms with Gasteiger partial charge in [0.25, 0.3) is 0 Å². The first-order valence-electron chi connectivity index (χ1n) is 5.64. The van der Waals surface area contributed by atoms with E-state index in [9.17, 15) is 4.79 Å². The summed E-state index contributed by atoms with van der Waals surface area (Å²) in [6.07, 6.45) is 4.21. The predicted octanol–water partition coefficient (Wildman–Crippen LogP) is 0.740. The summed E-state index contributed by atoms with van der Waals surface area (Å²) in [5.74, 6) is 0.103. The molecule has 0 atom stereocenters. The number of nitrogens with one attached hydrogen (secondary N) is 2. The monoisotopic (exact) mass is 221 g/mol. The molecule has 0 saturated heterocycles. The fraction of sp³-hybridized carbons (Fsp3) is 0.500. The van der Waals surface area contributed by atoms with E-state index in [4.69, 9.17) is 0 Å². The first-order chi connectivity index (χ1) is 7.83. The van der Waals surface area contributed by atoms with Gasteiger partial charge in [-0.05, 0) is 25.1 Å². The third-order valence-corrected chi connectivity index (χ3v) is 2.32. The van der Waals surface area contributed by atoms with Crippen LogP contribution < -0.4 is 10.6 Å². The normalized spacial score (nSPS) is 10.1. The zero-order valence-electron chi connectivity index (χ0n) is 9.70. The van der Waals surface area contributed by atoms with Gasteiger partial charge in [-0.1, -0.05) is 6.07 Å². The number of carbonyl (C=O) groups is 1. The Kier molecular flexibility index (Phi) is 6.18. The molecule has 1 heterocycles. The quantitative estimate of drug-likeness (QED) is 0.668. The van der Waals surface area contributed by atoms with Crippen molar-refractivity contribution in [2.24, 2.45) is 0 Å². The number of amides is 1. The molecule has 0 aliphatic heterocycles. The van der Waals surface area contributed by atoms with Crippen LogP contribution in [0.3, 0.4) is 0 Å². The molecule has 0 aromatic carbocycles. The van der Waals surface area contributed by atoms with Crippen LogP contribution in [0.4, 0.5) is 0 Å². The maximum absolute atomic E-state index is 10.9. The summed E-state index contributed by atoms with van der Waals surface area (Å²) < 4.78 is 0.